The number of methoxy groups -OCH3 is 2. The fourth-order valence-electron chi connectivity index (χ4n) is 2.11. The third kappa shape index (κ3) is 5.51. The molecule has 0 aromatic heterocycles. The van der Waals surface area contributed by atoms with Crippen molar-refractivity contribution in [2.75, 3.05) is 14.2 Å². The fourth-order valence-corrected chi connectivity index (χ4v) is 2.79. The summed E-state index contributed by atoms with van der Waals surface area (Å²) in [5, 5.41) is 2.29. The van der Waals surface area contributed by atoms with E-state index >= 15 is 0 Å². The molecular weight excluding hydrogens is 450 g/mol. The number of carbonyl (C=O) groups excluding carboxylic acids is 3. The van der Waals surface area contributed by atoms with Gasteiger partial charge in [-0.1, -0.05) is 6.07 Å². The van der Waals surface area contributed by atoms with Crippen LogP contribution in [0.25, 0.3) is 0 Å². The first kappa shape index (κ1) is 21.3. The van der Waals surface area contributed by atoms with E-state index in [1.165, 1.54) is 32.4 Å². The van der Waals surface area contributed by atoms with Gasteiger partial charge in [0, 0.05) is 11.1 Å². The van der Waals surface area contributed by atoms with Gasteiger partial charge in [0.05, 0.1) is 24.3 Å². The van der Waals surface area contributed by atoms with Crippen LogP contribution in [0.5, 0.6) is 5.75 Å². The summed E-state index contributed by atoms with van der Waals surface area (Å²) >= 11 is 8.29. The Morgan fingerprint density at radius 3 is 2.25 bits per heavy atom. The molecule has 0 spiro atoms. The summed E-state index contributed by atoms with van der Waals surface area (Å²) in [6, 6.07) is 10.7. The Morgan fingerprint density at radius 1 is 0.929 bits per heavy atom. The van der Waals surface area contributed by atoms with Gasteiger partial charge in [0.25, 0.3) is 11.8 Å². The number of ether oxygens (including phenoxy) is 2. The molecule has 0 radical (unpaired) electrons. The number of halogens is 1. The van der Waals surface area contributed by atoms with Crippen molar-refractivity contribution in [1.29, 1.82) is 0 Å². The lowest BCUT2D eigenvalue weighted by Crippen LogP contribution is -2.48. The minimum atomic E-state index is -0.562. The number of rotatable bonds is 4. The average molecular weight is 466 g/mol. The second-order valence-electron chi connectivity index (χ2n) is 5.28. The smallest absolute Gasteiger partial charge is 0.337 e. The highest BCUT2D eigenvalue weighted by atomic mass is 79.9. The topological polar surface area (TPSA) is 106 Å². The highest BCUT2D eigenvalue weighted by Crippen LogP contribution is 2.25. The van der Waals surface area contributed by atoms with Crippen LogP contribution in [-0.2, 0) is 4.74 Å². The molecule has 0 aliphatic rings. The number of hydrogen-bond donors (Lipinski definition) is 3. The molecule has 28 heavy (non-hydrogen) atoms. The minimum Gasteiger partial charge on any atom is -0.496 e. The number of carbonyl (C=O) groups is 3. The second kappa shape index (κ2) is 9.81. The van der Waals surface area contributed by atoms with Crippen LogP contribution in [0, 0.1) is 0 Å². The van der Waals surface area contributed by atoms with Crippen molar-refractivity contribution in [3.8, 4) is 5.75 Å². The van der Waals surface area contributed by atoms with E-state index in [1.807, 2.05) is 0 Å². The van der Waals surface area contributed by atoms with Crippen LogP contribution < -0.4 is 20.9 Å². The molecule has 2 aromatic rings. The molecule has 0 saturated heterocycles. The summed E-state index contributed by atoms with van der Waals surface area (Å²) in [6.07, 6.45) is 0. The standard InChI is InChI=1S/C18H16BrN3O5S/c1-26-14-7-6-11(9-13(14)19)16(24)21-22-18(28)20-15(23)10-4-3-5-12(8-10)17(25)27-2/h3-9H,1-2H3,(H,21,24)(H2,20,22,23,28). The molecule has 0 aliphatic carbocycles. The zero-order valence-corrected chi connectivity index (χ0v) is 17.3. The number of esters is 1. The van der Waals surface area contributed by atoms with Gasteiger partial charge in [-0.15, -0.1) is 0 Å². The van der Waals surface area contributed by atoms with Crippen molar-refractivity contribution in [1.82, 2.24) is 16.2 Å². The van der Waals surface area contributed by atoms with Crippen LogP contribution in [0.2, 0.25) is 0 Å². The van der Waals surface area contributed by atoms with Crippen molar-refractivity contribution in [3.63, 3.8) is 0 Å². The SMILES string of the molecule is COC(=O)c1cccc(C(=O)NC(=S)NNC(=O)c2ccc(OC)c(Br)c2)c1. The summed E-state index contributed by atoms with van der Waals surface area (Å²) in [5.74, 6) is -0.993. The third-order valence-electron chi connectivity index (χ3n) is 3.48. The molecule has 0 atom stereocenters. The molecule has 2 amide bonds. The second-order valence-corrected chi connectivity index (χ2v) is 6.55. The summed E-state index contributed by atoms with van der Waals surface area (Å²) in [4.78, 5) is 35.9. The molecule has 8 nitrogen and oxygen atoms in total. The number of amides is 2. The Hall–Kier alpha value is -2.98. The van der Waals surface area contributed by atoms with Crippen molar-refractivity contribution >= 4 is 51.0 Å². The summed E-state index contributed by atoms with van der Waals surface area (Å²) in [6.45, 7) is 0. The van der Waals surface area contributed by atoms with Crippen molar-refractivity contribution in [3.05, 3.63) is 63.6 Å². The largest absolute Gasteiger partial charge is 0.496 e. The van der Waals surface area contributed by atoms with Gasteiger partial charge in [-0.3, -0.25) is 25.8 Å². The van der Waals surface area contributed by atoms with Crippen LogP contribution >= 0.6 is 28.1 Å². The molecule has 10 heteroatoms. The lowest BCUT2D eigenvalue weighted by atomic mass is 10.1. The van der Waals surface area contributed by atoms with Gasteiger partial charge in [0.1, 0.15) is 5.75 Å². The van der Waals surface area contributed by atoms with Crippen LogP contribution in [0.4, 0.5) is 0 Å². The number of nitrogens with one attached hydrogen (secondary N) is 3. The van der Waals surface area contributed by atoms with Crippen LogP contribution in [-0.4, -0.2) is 37.1 Å². The maximum atomic E-state index is 12.2. The normalized spacial score (nSPS) is 9.82. The fraction of sp³-hybridized carbons (Fsp3) is 0.111. The first-order valence-corrected chi connectivity index (χ1v) is 8.99. The molecule has 0 saturated carbocycles. The van der Waals surface area contributed by atoms with Crippen LogP contribution in [0.1, 0.15) is 31.1 Å². The van der Waals surface area contributed by atoms with Crippen LogP contribution in [0.15, 0.2) is 46.9 Å². The van der Waals surface area contributed by atoms with Gasteiger partial charge in [-0.25, -0.2) is 4.79 Å². The highest BCUT2D eigenvalue weighted by Gasteiger charge is 2.13. The van der Waals surface area contributed by atoms with E-state index in [4.69, 9.17) is 17.0 Å². The van der Waals surface area contributed by atoms with Crippen molar-refractivity contribution in [2.45, 2.75) is 0 Å². The van der Waals surface area contributed by atoms with Crippen molar-refractivity contribution < 1.29 is 23.9 Å². The summed E-state index contributed by atoms with van der Waals surface area (Å²) in [7, 11) is 2.77. The minimum absolute atomic E-state index is 0.116. The highest BCUT2D eigenvalue weighted by molar-refractivity contribution is 9.10. The lowest BCUT2D eigenvalue weighted by molar-refractivity contribution is 0.0600. The van der Waals surface area contributed by atoms with E-state index in [-0.39, 0.29) is 16.2 Å². The van der Waals surface area contributed by atoms with E-state index in [0.717, 1.165) is 0 Å². The van der Waals surface area contributed by atoms with Gasteiger partial charge in [-0.05, 0) is 64.5 Å². The maximum absolute atomic E-state index is 12.2. The Morgan fingerprint density at radius 2 is 1.61 bits per heavy atom. The Bertz CT molecular complexity index is 935. The third-order valence-corrected chi connectivity index (χ3v) is 4.30. The first-order chi connectivity index (χ1) is 13.3. The van der Waals surface area contributed by atoms with E-state index in [0.29, 0.717) is 15.8 Å². The maximum Gasteiger partial charge on any atom is 0.337 e. The predicted molar refractivity (Wildman–Crippen MR) is 109 cm³/mol. The molecule has 0 unspecified atom stereocenters. The van der Waals surface area contributed by atoms with Crippen molar-refractivity contribution in [2.24, 2.45) is 0 Å². The van der Waals surface area contributed by atoms with Gasteiger partial charge in [-0.2, -0.15) is 0 Å². The lowest BCUT2D eigenvalue weighted by Gasteiger charge is -2.12. The number of benzene rings is 2. The molecule has 2 aromatic carbocycles. The van der Waals surface area contributed by atoms with Gasteiger partial charge >= 0.3 is 5.97 Å². The van der Waals surface area contributed by atoms with E-state index < -0.39 is 17.8 Å². The zero-order valence-electron chi connectivity index (χ0n) is 14.9. The molecule has 3 N–H and O–H groups in total. The molecule has 2 rings (SSSR count). The first-order valence-electron chi connectivity index (χ1n) is 7.79. The molecule has 0 aliphatic heterocycles. The predicted octanol–water partition coefficient (Wildman–Crippen LogP) is 2.19. The molecule has 146 valence electrons. The molecule has 0 heterocycles. The Balaban J connectivity index is 1.93. The zero-order chi connectivity index (χ0) is 20.7. The number of thiocarbonyl (C=S) groups is 1. The number of hydrogen-bond acceptors (Lipinski definition) is 6. The van der Waals surface area contributed by atoms with Gasteiger partial charge in [0.15, 0.2) is 5.11 Å². The van der Waals surface area contributed by atoms with Crippen LogP contribution in [0.3, 0.4) is 0 Å². The van der Waals surface area contributed by atoms with Gasteiger partial charge < -0.3 is 9.47 Å². The Kier molecular flexibility index (Phi) is 7.47. The number of hydrazine groups is 1. The quantitative estimate of drug-likeness (QED) is 0.361. The van der Waals surface area contributed by atoms with E-state index in [9.17, 15) is 14.4 Å². The monoisotopic (exact) mass is 465 g/mol. The molecule has 0 fully saturated rings. The Labute approximate surface area is 174 Å². The average Bonchev–Trinajstić information content (AvgIpc) is 2.71. The summed E-state index contributed by atoms with van der Waals surface area (Å²) < 4.78 is 10.3. The summed E-state index contributed by atoms with van der Waals surface area (Å²) in [5.41, 5.74) is 5.60. The molecule has 0 bridgehead atoms. The van der Waals surface area contributed by atoms with E-state index in [1.54, 1.807) is 24.3 Å². The molecular formula is C18H16BrN3O5S. The van der Waals surface area contributed by atoms with E-state index in [2.05, 4.69) is 36.8 Å². The van der Waals surface area contributed by atoms with Gasteiger partial charge in [0.2, 0.25) is 0 Å².